The molecule has 138 valence electrons. The number of carbonyl (C=O) groups is 2. The molecule has 1 fully saturated rings. The first kappa shape index (κ1) is 18.1. The fourth-order valence-corrected chi connectivity index (χ4v) is 4.72. The number of Topliss-reactive ketones (excluding diaryl/α,β-unsaturated/α-hetero) is 2. The smallest absolute Gasteiger partial charge is 0.322 e. The van der Waals surface area contributed by atoms with Gasteiger partial charge in [-0.15, -0.1) is 0 Å². The van der Waals surface area contributed by atoms with Crippen molar-refractivity contribution in [3.8, 4) is 0 Å². The van der Waals surface area contributed by atoms with Gasteiger partial charge >= 0.3 is 11.1 Å². The van der Waals surface area contributed by atoms with Gasteiger partial charge in [-0.1, -0.05) is 24.3 Å². The van der Waals surface area contributed by atoms with Crippen molar-refractivity contribution in [3.63, 3.8) is 0 Å². The Labute approximate surface area is 149 Å². The van der Waals surface area contributed by atoms with Crippen molar-refractivity contribution >= 4 is 11.6 Å². The van der Waals surface area contributed by atoms with Gasteiger partial charge in [0.1, 0.15) is 11.7 Å². The van der Waals surface area contributed by atoms with Gasteiger partial charge in [0.05, 0.1) is 6.54 Å². The fraction of sp³-hybridized carbons (Fsp3) is 0.529. The SMILES string of the molecule is CC[NH+]1CC2([N+](=O)[O-])C(=O)c3ccccc3C([N+](=O)[O-])(C1)C2CC(C)=O. The minimum absolute atomic E-state index is 0.00826. The van der Waals surface area contributed by atoms with Gasteiger partial charge in [-0.3, -0.25) is 25.0 Å². The van der Waals surface area contributed by atoms with E-state index in [9.17, 15) is 29.8 Å². The summed E-state index contributed by atoms with van der Waals surface area (Å²) in [6.45, 7) is 3.28. The van der Waals surface area contributed by atoms with E-state index in [1.807, 2.05) is 0 Å². The molecular formula is C17H20N3O6+. The Morgan fingerprint density at radius 2 is 1.77 bits per heavy atom. The molecule has 1 aliphatic carbocycles. The predicted octanol–water partition coefficient (Wildman–Crippen LogP) is -0.116. The Balaban J connectivity index is 2.43. The lowest BCUT2D eigenvalue weighted by atomic mass is 9.56. The van der Waals surface area contributed by atoms with Crippen LogP contribution < -0.4 is 4.90 Å². The zero-order valence-electron chi connectivity index (χ0n) is 14.6. The number of quaternary nitrogens is 1. The molecule has 3 rings (SSSR count). The molecule has 0 amide bonds. The second-order valence-corrected chi connectivity index (χ2v) is 7.15. The van der Waals surface area contributed by atoms with Gasteiger partial charge in [-0.05, 0) is 13.8 Å². The lowest BCUT2D eigenvalue weighted by molar-refractivity contribution is -0.946. The highest BCUT2D eigenvalue weighted by molar-refractivity contribution is 6.06. The van der Waals surface area contributed by atoms with E-state index in [0.717, 1.165) is 0 Å². The molecule has 1 saturated heterocycles. The Hall–Kier alpha value is -2.68. The Morgan fingerprint density at radius 3 is 2.31 bits per heavy atom. The largest absolute Gasteiger partial charge is 0.341 e. The van der Waals surface area contributed by atoms with Crippen LogP contribution in [0.1, 0.15) is 36.2 Å². The molecule has 0 saturated carbocycles. The van der Waals surface area contributed by atoms with E-state index in [2.05, 4.69) is 0 Å². The monoisotopic (exact) mass is 362 g/mol. The molecule has 1 aliphatic heterocycles. The van der Waals surface area contributed by atoms with Gasteiger partial charge in [-0.2, -0.15) is 0 Å². The third-order valence-corrected chi connectivity index (χ3v) is 5.87. The first-order valence-corrected chi connectivity index (χ1v) is 8.48. The van der Waals surface area contributed by atoms with Crippen LogP contribution in [0, 0.1) is 26.1 Å². The van der Waals surface area contributed by atoms with Crippen molar-refractivity contribution in [1.29, 1.82) is 0 Å². The zero-order chi connectivity index (χ0) is 19.3. The van der Waals surface area contributed by atoms with Crippen molar-refractivity contribution in [2.75, 3.05) is 19.6 Å². The van der Waals surface area contributed by atoms with Crippen molar-refractivity contribution < 1.29 is 24.3 Å². The van der Waals surface area contributed by atoms with Gasteiger partial charge in [0.25, 0.3) is 0 Å². The van der Waals surface area contributed by atoms with E-state index in [-0.39, 0.29) is 30.6 Å². The van der Waals surface area contributed by atoms with Crippen molar-refractivity contribution in [2.45, 2.75) is 31.3 Å². The number of ketones is 2. The summed E-state index contributed by atoms with van der Waals surface area (Å²) in [4.78, 5) is 49.0. The average molecular weight is 362 g/mol. The minimum atomic E-state index is -2.17. The van der Waals surface area contributed by atoms with Crippen LogP contribution in [0.4, 0.5) is 0 Å². The van der Waals surface area contributed by atoms with Crippen molar-refractivity contribution in [2.24, 2.45) is 5.92 Å². The van der Waals surface area contributed by atoms with Crippen LogP contribution >= 0.6 is 0 Å². The first-order chi connectivity index (χ1) is 12.2. The number of hydrogen-bond donors (Lipinski definition) is 1. The maximum atomic E-state index is 13.2. The molecule has 26 heavy (non-hydrogen) atoms. The van der Waals surface area contributed by atoms with Crippen molar-refractivity contribution in [3.05, 3.63) is 55.6 Å². The van der Waals surface area contributed by atoms with Crippen LogP contribution in [-0.4, -0.2) is 46.6 Å². The van der Waals surface area contributed by atoms with Gasteiger partial charge in [0.2, 0.25) is 5.78 Å². The van der Waals surface area contributed by atoms with E-state index in [4.69, 9.17) is 0 Å². The molecule has 1 heterocycles. The lowest BCUT2D eigenvalue weighted by Crippen LogP contribution is -3.19. The predicted molar refractivity (Wildman–Crippen MR) is 89.2 cm³/mol. The molecule has 0 radical (unpaired) electrons. The van der Waals surface area contributed by atoms with Gasteiger partial charge in [0, 0.05) is 27.4 Å². The third kappa shape index (κ3) is 2.13. The van der Waals surface area contributed by atoms with Crippen LogP contribution in [0.5, 0.6) is 0 Å². The topological polar surface area (TPSA) is 125 Å². The zero-order valence-corrected chi connectivity index (χ0v) is 14.6. The maximum absolute atomic E-state index is 13.2. The fourth-order valence-electron chi connectivity index (χ4n) is 4.72. The molecule has 0 spiro atoms. The number of nitro groups is 2. The molecular weight excluding hydrogens is 342 g/mol. The lowest BCUT2D eigenvalue weighted by Gasteiger charge is -2.48. The highest BCUT2D eigenvalue weighted by Gasteiger charge is 2.79. The van der Waals surface area contributed by atoms with Crippen LogP contribution in [0.15, 0.2) is 24.3 Å². The van der Waals surface area contributed by atoms with E-state index in [1.165, 1.54) is 19.1 Å². The summed E-state index contributed by atoms with van der Waals surface area (Å²) < 4.78 is 0. The highest BCUT2D eigenvalue weighted by Crippen LogP contribution is 2.50. The quantitative estimate of drug-likeness (QED) is 0.575. The molecule has 9 nitrogen and oxygen atoms in total. The number of likely N-dealkylation sites (tertiary alicyclic amines) is 1. The summed E-state index contributed by atoms with van der Waals surface area (Å²) >= 11 is 0. The van der Waals surface area contributed by atoms with E-state index in [1.54, 1.807) is 19.1 Å². The molecule has 1 aromatic carbocycles. The number of hydrogen-bond acceptors (Lipinski definition) is 6. The van der Waals surface area contributed by atoms with Gasteiger partial charge in [0.15, 0.2) is 13.1 Å². The van der Waals surface area contributed by atoms with Crippen molar-refractivity contribution in [1.82, 2.24) is 0 Å². The van der Waals surface area contributed by atoms with Crippen LogP contribution in [0.3, 0.4) is 0 Å². The number of carbonyl (C=O) groups excluding carboxylic acids is 2. The Morgan fingerprint density at radius 1 is 1.19 bits per heavy atom. The van der Waals surface area contributed by atoms with Crippen LogP contribution in [0.25, 0.3) is 0 Å². The van der Waals surface area contributed by atoms with E-state index >= 15 is 0 Å². The van der Waals surface area contributed by atoms with Gasteiger partial charge in [-0.25, -0.2) is 0 Å². The summed E-state index contributed by atoms with van der Waals surface area (Å²) in [5.41, 5.74) is -3.80. The molecule has 4 atom stereocenters. The average Bonchev–Trinajstić information content (AvgIpc) is 2.59. The molecule has 1 aromatic rings. The van der Waals surface area contributed by atoms with Gasteiger partial charge < -0.3 is 9.69 Å². The molecule has 2 aliphatic rings. The maximum Gasteiger partial charge on any atom is 0.341 e. The summed E-state index contributed by atoms with van der Waals surface area (Å²) in [7, 11) is 0. The van der Waals surface area contributed by atoms with Crippen LogP contribution in [-0.2, 0) is 10.3 Å². The molecule has 2 bridgehead atoms. The summed E-state index contributed by atoms with van der Waals surface area (Å²) in [5, 5.41) is 24.5. The second kappa shape index (κ2) is 5.94. The molecule has 4 unspecified atom stereocenters. The molecule has 0 aromatic heterocycles. The second-order valence-electron chi connectivity index (χ2n) is 7.15. The number of fused-ring (bicyclic) bond motifs is 4. The summed E-state index contributed by atoms with van der Waals surface area (Å²) in [5.74, 6) is -2.44. The number of nitrogens with zero attached hydrogens (tertiary/aromatic N) is 2. The number of rotatable bonds is 5. The number of piperidine rings is 1. The standard InChI is InChI=1S/C17H19N3O6/c1-3-18-9-16(19(23)24)13-7-5-4-6-12(13)15(22)17(10-18,20(25)26)14(16)8-11(2)21/h4-7,14H,3,8-10H2,1-2H3/p+1. The summed E-state index contributed by atoms with van der Waals surface area (Å²) in [6, 6.07) is 6.03. The highest BCUT2D eigenvalue weighted by atomic mass is 16.6. The number of likely N-dealkylation sites (N-methyl/N-ethyl adjacent to an activating group) is 1. The first-order valence-electron chi connectivity index (χ1n) is 8.48. The number of nitrogens with one attached hydrogen (secondary N) is 1. The van der Waals surface area contributed by atoms with Crippen LogP contribution in [0.2, 0.25) is 0 Å². The Kier molecular flexibility index (Phi) is 4.14. The molecule has 1 N–H and O–H groups in total. The van der Waals surface area contributed by atoms with E-state index < -0.39 is 38.4 Å². The van der Waals surface area contributed by atoms with E-state index in [0.29, 0.717) is 11.4 Å². The normalized spacial score (nSPS) is 32.6. The molecule has 9 heteroatoms. The third-order valence-electron chi connectivity index (χ3n) is 5.87. The Bertz CT molecular complexity index is 824. The number of benzene rings is 1. The minimum Gasteiger partial charge on any atom is -0.322 e. The summed E-state index contributed by atoms with van der Waals surface area (Å²) in [6.07, 6.45) is -0.376.